The first-order chi connectivity index (χ1) is 25.3. The third-order valence-corrected chi connectivity index (χ3v) is 11.2. The minimum absolute atomic E-state index is 1.12. The lowest BCUT2D eigenvalue weighted by atomic mass is 9.92. The van der Waals surface area contributed by atoms with Gasteiger partial charge in [-0.05, 0) is 77.4 Å². The van der Waals surface area contributed by atoms with E-state index in [4.69, 9.17) is 0 Å². The second-order valence-corrected chi connectivity index (χ2v) is 14.0. The molecule has 0 saturated carbocycles. The van der Waals surface area contributed by atoms with Crippen LogP contribution in [0.2, 0.25) is 0 Å². The zero-order chi connectivity index (χ0) is 33.7. The molecule has 0 amide bonds. The first kappa shape index (κ1) is 29.5. The third kappa shape index (κ3) is 4.85. The van der Waals surface area contributed by atoms with Gasteiger partial charge in [-0.3, -0.25) is 0 Å². The van der Waals surface area contributed by atoms with Crippen LogP contribution in [0.1, 0.15) is 0 Å². The first-order valence-corrected chi connectivity index (χ1v) is 18.2. The molecule has 0 atom stereocenters. The Labute approximate surface area is 300 Å². The average Bonchev–Trinajstić information content (AvgIpc) is 3.75. The summed E-state index contributed by atoms with van der Waals surface area (Å²) in [6, 6.07) is 70.2. The van der Waals surface area contributed by atoms with Crippen molar-refractivity contribution in [3.8, 4) is 27.9 Å². The van der Waals surface area contributed by atoms with E-state index in [0.29, 0.717) is 0 Å². The van der Waals surface area contributed by atoms with Crippen LogP contribution in [0.3, 0.4) is 0 Å². The highest BCUT2D eigenvalue weighted by Gasteiger charge is 2.20. The second-order valence-electron chi connectivity index (χ2n) is 12.9. The molecule has 10 aromatic rings. The molecule has 2 heterocycles. The molecule has 2 nitrogen and oxygen atoms in total. The minimum atomic E-state index is 1.12. The lowest BCUT2D eigenvalue weighted by molar-refractivity contribution is 1.20. The van der Waals surface area contributed by atoms with Crippen LogP contribution in [0, 0.1) is 0 Å². The van der Waals surface area contributed by atoms with Crippen LogP contribution in [0.5, 0.6) is 0 Å². The molecule has 0 aliphatic carbocycles. The van der Waals surface area contributed by atoms with Gasteiger partial charge in [-0.1, -0.05) is 133 Å². The van der Waals surface area contributed by atoms with E-state index in [2.05, 4.69) is 204 Å². The van der Waals surface area contributed by atoms with E-state index in [9.17, 15) is 0 Å². The molecule has 2 aromatic heterocycles. The number of para-hydroxylation sites is 4. The molecule has 51 heavy (non-hydrogen) atoms. The van der Waals surface area contributed by atoms with Crippen LogP contribution in [-0.4, -0.2) is 4.57 Å². The van der Waals surface area contributed by atoms with Gasteiger partial charge in [-0.2, -0.15) is 0 Å². The summed E-state index contributed by atoms with van der Waals surface area (Å²) in [7, 11) is 0. The number of thiophene rings is 1. The molecule has 240 valence electrons. The van der Waals surface area contributed by atoms with Crippen molar-refractivity contribution in [1.82, 2.24) is 4.57 Å². The van der Waals surface area contributed by atoms with Gasteiger partial charge in [0.2, 0.25) is 0 Å². The Kier molecular flexibility index (Phi) is 7.04. The Morgan fingerprint density at radius 1 is 0.392 bits per heavy atom. The van der Waals surface area contributed by atoms with Gasteiger partial charge < -0.3 is 9.47 Å². The molecule has 0 saturated heterocycles. The Bertz CT molecular complexity index is 2830. The van der Waals surface area contributed by atoms with Crippen molar-refractivity contribution >= 4 is 70.4 Å². The van der Waals surface area contributed by atoms with Crippen molar-refractivity contribution in [2.24, 2.45) is 0 Å². The van der Waals surface area contributed by atoms with Crippen molar-refractivity contribution in [2.75, 3.05) is 4.90 Å². The lowest BCUT2D eigenvalue weighted by Crippen LogP contribution is -2.11. The quantitative estimate of drug-likeness (QED) is 0.171. The van der Waals surface area contributed by atoms with Gasteiger partial charge >= 0.3 is 0 Å². The van der Waals surface area contributed by atoms with Crippen LogP contribution in [0.25, 0.3) is 69.9 Å². The normalized spacial score (nSPS) is 11.5. The number of rotatable bonds is 6. The number of hydrogen-bond donors (Lipinski definition) is 0. The summed E-state index contributed by atoms with van der Waals surface area (Å²) in [5, 5.41) is 5.13. The zero-order valence-corrected chi connectivity index (χ0v) is 28.6. The predicted octanol–water partition coefficient (Wildman–Crippen LogP) is 14.0. The molecule has 0 unspecified atom stereocenters. The van der Waals surface area contributed by atoms with Crippen molar-refractivity contribution in [3.63, 3.8) is 0 Å². The molecule has 0 aliphatic rings. The fourth-order valence-corrected chi connectivity index (χ4v) is 8.96. The van der Waals surface area contributed by atoms with Gasteiger partial charge in [0, 0.05) is 43.2 Å². The van der Waals surface area contributed by atoms with Gasteiger partial charge in [0.15, 0.2) is 0 Å². The molecule has 10 rings (SSSR count). The van der Waals surface area contributed by atoms with Crippen LogP contribution >= 0.6 is 11.3 Å². The highest BCUT2D eigenvalue weighted by atomic mass is 32.1. The number of nitrogens with zero attached hydrogens (tertiary/aromatic N) is 2. The molecule has 8 aromatic carbocycles. The smallest absolute Gasteiger partial charge is 0.0640 e. The fraction of sp³-hybridized carbons (Fsp3) is 0. The average molecular weight is 669 g/mol. The monoisotopic (exact) mass is 668 g/mol. The Balaban J connectivity index is 1.17. The highest BCUT2D eigenvalue weighted by molar-refractivity contribution is 7.26. The first-order valence-electron chi connectivity index (χ1n) is 17.4. The second kappa shape index (κ2) is 12.2. The van der Waals surface area contributed by atoms with Crippen molar-refractivity contribution in [3.05, 3.63) is 194 Å². The number of benzene rings is 8. The molecule has 0 bridgehead atoms. The van der Waals surface area contributed by atoms with E-state index in [1.807, 2.05) is 11.3 Å². The molecule has 0 aliphatic heterocycles. The number of fused-ring (bicyclic) bond motifs is 6. The highest BCUT2D eigenvalue weighted by Crippen LogP contribution is 2.45. The summed E-state index contributed by atoms with van der Waals surface area (Å²) in [6.07, 6.45) is 0. The largest absolute Gasteiger partial charge is 0.310 e. The fourth-order valence-electron chi connectivity index (χ4n) is 7.76. The van der Waals surface area contributed by atoms with Crippen molar-refractivity contribution in [1.29, 1.82) is 0 Å². The van der Waals surface area contributed by atoms with Gasteiger partial charge in [-0.15, -0.1) is 11.3 Å². The summed E-state index contributed by atoms with van der Waals surface area (Å²) >= 11 is 1.88. The summed E-state index contributed by atoms with van der Waals surface area (Å²) in [4.78, 5) is 2.36. The minimum Gasteiger partial charge on any atom is -0.310 e. The molecule has 0 radical (unpaired) electrons. The Morgan fingerprint density at radius 2 is 0.980 bits per heavy atom. The maximum atomic E-state index is 2.46. The Hall–Kier alpha value is -6.42. The third-order valence-electron chi connectivity index (χ3n) is 10.00. The molecule has 0 N–H and O–H groups in total. The SMILES string of the molecule is c1ccc(N(c2ccccc2)c2ccccc2-c2ccccc2-c2ccc3c(c2)c2ccccc2n3-c2cccc3c2sc2ccccc23)cc1. The van der Waals surface area contributed by atoms with Gasteiger partial charge in [0.1, 0.15) is 0 Å². The van der Waals surface area contributed by atoms with Gasteiger partial charge in [-0.25, -0.2) is 0 Å². The summed E-state index contributed by atoms with van der Waals surface area (Å²) in [5.41, 5.74) is 11.8. The molecule has 3 heteroatoms. The predicted molar refractivity (Wildman–Crippen MR) is 219 cm³/mol. The maximum absolute atomic E-state index is 2.46. The number of aromatic nitrogens is 1. The van der Waals surface area contributed by atoms with Crippen LogP contribution in [-0.2, 0) is 0 Å². The van der Waals surface area contributed by atoms with E-state index < -0.39 is 0 Å². The van der Waals surface area contributed by atoms with E-state index in [-0.39, 0.29) is 0 Å². The molecule has 0 spiro atoms. The summed E-state index contributed by atoms with van der Waals surface area (Å²) in [6.45, 7) is 0. The zero-order valence-electron chi connectivity index (χ0n) is 27.8. The van der Waals surface area contributed by atoms with E-state index in [1.54, 1.807) is 0 Å². The van der Waals surface area contributed by atoms with Crippen LogP contribution < -0.4 is 4.90 Å². The summed E-state index contributed by atoms with van der Waals surface area (Å²) in [5.74, 6) is 0. The molecular weight excluding hydrogens is 637 g/mol. The Morgan fingerprint density at radius 3 is 1.76 bits per heavy atom. The van der Waals surface area contributed by atoms with Crippen LogP contribution in [0.15, 0.2) is 194 Å². The van der Waals surface area contributed by atoms with E-state index in [0.717, 1.165) is 17.1 Å². The van der Waals surface area contributed by atoms with Crippen LogP contribution in [0.4, 0.5) is 17.1 Å². The maximum Gasteiger partial charge on any atom is 0.0640 e. The number of anilines is 3. The lowest BCUT2D eigenvalue weighted by Gasteiger charge is -2.28. The molecular formula is C48H32N2S. The standard InChI is InChI=1S/C48H32N2S/c1-3-16-34(17-4-1)49(35-18-5-2-6-19-35)43-26-12-9-22-38(43)37-21-8-7-20-36(37)33-30-31-45-42(32-33)39-23-10-13-27-44(39)50(45)46-28-15-25-41-40-24-11-14-29-47(40)51-48(41)46/h1-32H. The van der Waals surface area contributed by atoms with E-state index >= 15 is 0 Å². The summed E-state index contributed by atoms with van der Waals surface area (Å²) < 4.78 is 5.09. The van der Waals surface area contributed by atoms with Gasteiger partial charge in [0.25, 0.3) is 0 Å². The molecule has 0 fully saturated rings. The van der Waals surface area contributed by atoms with Gasteiger partial charge in [0.05, 0.1) is 27.1 Å². The van der Waals surface area contributed by atoms with E-state index in [1.165, 1.54) is 69.9 Å². The topological polar surface area (TPSA) is 8.17 Å². The van der Waals surface area contributed by atoms with Crippen molar-refractivity contribution < 1.29 is 0 Å². The number of hydrogen-bond acceptors (Lipinski definition) is 2. The van der Waals surface area contributed by atoms with Crippen molar-refractivity contribution in [2.45, 2.75) is 0 Å².